The van der Waals surface area contributed by atoms with Crippen molar-refractivity contribution < 1.29 is 22.8 Å². The number of urea groups is 1. The third-order valence-electron chi connectivity index (χ3n) is 4.53. The van der Waals surface area contributed by atoms with Crippen LogP contribution in [0.4, 0.5) is 4.79 Å². The lowest BCUT2D eigenvalue weighted by atomic mass is 9.92. The Balaban J connectivity index is 1.68. The molecule has 2 N–H and O–H groups in total. The number of hydrogen-bond acceptors (Lipinski definition) is 5. The lowest BCUT2D eigenvalue weighted by Gasteiger charge is -2.22. The quantitative estimate of drug-likeness (QED) is 0.715. The molecule has 1 aromatic rings. The molecule has 25 heavy (non-hydrogen) atoms. The summed E-state index contributed by atoms with van der Waals surface area (Å²) in [5.41, 5.74) is -0.604. The number of carbonyl (C=O) groups is 3. The van der Waals surface area contributed by atoms with Crippen molar-refractivity contribution in [3.8, 4) is 0 Å². The van der Waals surface area contributed by atoms with E-state index in [2.05, 4.69) is 10.6 Å². The highest BCUT2D eigenvalue weighted by atomic mass is 32.2. The Morgan fingerprint density at radius 2 is 2.00 bits per heavy atom. The van der Waals surface area contributed by atoms with Gasteiger partial charge in [-0.2, -0.15) is 0 Å². The van der Waals surface area contributed by atoms with Crippen LogP contribution in [0.25, 0.3) is 0 Å². The molecule has 0 spiro atoms. The number of sulfone groups is 1. The van der Waals surface area contributed by atoms with Crippen molar-refractivity contribution in [2.75, 3.05) is 18.1 Å². The monoisotopic (exact) mass is 365 g/mol. The summed E-state index contributed by atoms with van der Waals surface area (Å²) in [5, 5.41) is 5.20. The highest BCUT2D eigenvalue weighted by Gasteiger charge is 2.49. The molecule has 8 nitrogen and oxygen atoms in total. The predicted molar refractivity (Wildman–Crippen MR) is 89.2 cm³/mol. The summed E-state index contributed by atoms with van der Waals surface area (Å²) in [6.07, 6.45) is 0.343. The molecule has 2 heterocycles. The molecule has 2 aliphatic heterocycles. The standard InChI is InChI=1S/C16H19N3O5S/c1-16(11-5-3-2-4-6-11)14(21)19(15(22)18-16)9-13(20)17-12-7-8-25(23,24)10-12/h2-6,12H,7-10H2,1H3,(H,17,20)(H,18,22)/t12-,16-/m1/s1. The number of amides is 4. The van der Waals surface area contributed by atoms with E-state index in [1.54, 1.807) is 37.3 Å². The van der Waals surface area contributed by atoms with Gasteiger partial charge in [0.05, 0.1) is 11.5 Å². The second kappa shape index (κ2) is 6.14. The second-order valence-electron chi connectivity index (χ2n) is 6.48. The van der Waals surface area contributed by atoms with E-state index in [-0.39, 0.29) is 11.5 Å². The van der Waals surface area contributed by atoms with E-state index < -0.39 is 45.8 Å². The topological polar surface area (TPSA) is 113 Å². The minimum atomic E-state index is -3.12. The highest BCUT2D eigenvalue weighted by molar-refractivity contribution is 7.91. The fraction of sp³-hybridized carbons (Fsp3) is 0.438. The summed E-state index contributed by atoms with van der Waals surface area (Å²) in [6.45, 7) is 1.15. The average molecular weight is 365 g/mol. The van der Waals surface area contributed by atoms with Gasteiger partial charge in [-0.25, -0.2) is 13.2 Å². The van der Waals surface area contributed by atoms with Crippen molar-refractivity contribution in [1.82, 2.24) is 15.5 Å². The molecule has 3 rings (SSSR count). The molecule has 2 saturated heterocycles. The molecule has 0 aromatic heterocycles. The summed E-state index contributed by atoms with van der Waals surface area (Å²) in [4.78, 5) is 37.8. The van der Waals surface area contributed by atoms with Gasteiger partial charge in [-0.15, -0.1) is 0 Å². The van der Waals surface area contributed by atoms with E-state index in [9.17, 15) is 22.8 Å². The number of carbonyl (C=O) groups excluding carboxylic acids is 3. The molecule has 9 heteroatoms. The van der Waals surface area contributed by atoms with Crippen LogP contribution in [-0.4, -0.2) is 55.3 Å². The molecule has 0 unspecified atom stereocenters. The fourth-order valence-electron chi connectivity index (χ4n) is 3.13. The first kappa shape index (κ1) is 17.4. The van der Waals surface area contributed by atoms with Crippen molar-refractivity contribution in [3.63, 3.8) is 0 Å². The van der Waals surface area contributed by atoms with Gasteiger partial charge in [0.2, 0.25) is 5.91 Å². The van der Waals surface area contributed by atoms with Gasteiger partial charge in [0, 0.05) is 6.04 Å². The normalized spacial score (nSPS) is 28.0. The zero-order valence-corrected chi connectivity index (χ0v) is 14.5. The lowest BCUT2D eigenvalue weighted by molar-refractivity contribution is -0.135. The van der Waals surface area contributed by atoms with Crippen LogP contribution in [0, 0.1) is 0 Å². The Labute approximate surface area is 145 Å². The molecule has 2 aliphatic rings. The van der Waals surface area contributed by atoms with Crippen molar-refractivity contribution >= 4 is 27.7 Å². The molecule has 134 valence electrons. The lowest BCUT2D eigenvalue weighted by Crippen LogP contribution is -2.45. The number of imide groups is 1. The summed E-state index contributed by atoms with van der Waals surface area (Å²) in [7, 11) is -3.12. The van der Waals surface area contributed by atoms with Crippen molar-refractivity contribution in [3.05, 3.63) is 35.9 Å². The van der Waals surface area contributed by atoms with Crippen LogP contribution < -0.4 is 10.6 Å². The zero-order chi connectivity index (χ0) is 18.2. The van der Waals surface area contributed by atoms with Gasteiger partial charge in [0.25, 0.3) is 5.91 Å². The van der Waals surface area contributed by atoms with E-state index in [0.717, 1.165) is 4.90 Å². The Morgan fingerprint density at radius 3 is 2.60 bits per heavy atom. The average Bonchev–Trinajstić information content (AvgIpc) is 3.00. The number of benzene rings is 1. The maximum atomic E-state index is 12.7. The summed E-state index contributed by atoms with van der Waals surface area (Å²) in [5.74, 6) is -1.14. The van der Waals surface area contributed by atoms with Crippen LogP contribution >= 0.6 is 0 Å². The first-order chi connectivity index (χ1) is 11.7. The van der Waals surface area contributed by atoms with Crippen LogP contribution in [0.5, 0.6) is 0 Å². The van der Waals surface area contributed by atoms with E-state index in [0.29, 0.717) is 12.0 Å². The molecular formula is C16H19N3O5S. The van der Waals surface area contributed by atoms with Crippen LogP contribution in [0.3, 0.4) is 0 Å². The molecule has 2 fully saturated rings. The molecule has 0 saturated carbocycles. The minimum absolute atomic E-state index is 0.0349. The van der Waals surface area contributed by atoms with Gasteiger partial charge in [-0.1, -0.05) is 30.3 Å². The number of hydrogen-bond donors (Lipinski definition) is 2. The first-order valence-corrected chi connectivity index (χ1v) is 9.73. The van der Waals surface area contributed by atoms with Crippen LogP contribution in [-0.2, 0) is 25.0 Å². The maximum Gasteiger partial charge on any atom is 0.325 e. The van der Waals surface area contributed by atoms with Crippen LogP contribution in [0.1, 0.15) is 18.9 Å². The van der Waals surface area contributed by atoms with Crippen LogP contribution in [0.2, 0.25) is 0 Å². The predicted octanol–water partition coefficient (Wildman–Crippen LogP) is -0.243. The highest BCUT2D eigenvalue weighted by Crippen LogP contribution is 2.28. The van der Waals surface area contributed by atoms with Gasteiger partial charge in [-0.05, 0) is 18.9 Å². The number of nitrogens with one attached hydrogen (secondary N) is 2. The van der Waals surface area contributed by atoms with Crippen LogP contribution in [0.15, 0.2) is 30.3 Å². The Morgan fingerprint density at radius 1 is 1.32 bits per heavy atom. The van der Waals surface area contributed by atoms with Crippen molar-refractivity contribution in [1.29, 1.82) is 0 Å². The van der Waals surface area contributed by atoms with Gasteiger partial charge >= 0.3 is 6.03 Å². The largest absolute Gasteiger partial charge is 0.351 e. The van der Waals surface area contributed by atoms with E-state index in [1.807, 2.05) is 0 Å². The molecule has 0 bridgehead atoms. The minimum Gasteiger partial charge on any atom is -0.351 e. The maximum absolute atomic E-state index is 12.7. The molecular weight excluding hydrogens is 346 g/mol. The number of rotatable bonds is 4. The summed E-state index contributed by atoms with van der Waals surface area (Å²) < 4.78 is 22.9. The summed E-state index contributed by atoms with van der Waals surface area (Å²) in [6, 6.07) is 7.65. The SMILES string of the molecule is C[C@]1(c2ccccc2)NC(=O)N(CC(=O)N[C@@H]2CCS(=O)(=O)C2)C1=O. The molecule has 1 aromatic carbocycles. The van der Waals surface area contributed by atoms with Crippen molar-refractivity contribution in [2.24, 2.45) is 0 Å². The van der Waals surface area contributed by atoms with E-state index >= 15 is 0 Å². The fourth-order valence-corrected chi connectivity index (χ4v) is 4.81. The van der Waals surface area contributed by atoms with Crippen molar-refractivity contribution in [2.45, 2.75) is 24.9 Å². The van der Waals surface area contributed by atoms with Gasteiger partial charge in [0.15, 0.2) is 9.84 Å². The molecule has 4 amide bonds. The second-order valence-corrected chi connectivity index (χ2v) is 8.71. The van der Waals surface area contributed by atoms with Gasteiger partial charge in [-0.3, -0.25) is 14.5 Å². The molecule has 0 radical (unpaired) electrons. The third-order valence-corrected chi connectivity index (χ3v) is 6.29. The Hall–Kier alpha value is -2.42. The van der Waals surface area contributed by atoms with E-state index in [4.69, 9.17) is 0 Å². The van der Waals surface area contributed by atoms with Gasteiger partial charge < -0.3 is 10.6 Å². The third kappa shape index (κ3) is 3.37. The molecule has 0 aliphatic carbocycles. The number of nitrogens with zero attached hydrogens (tertiary/aromatic N) is 1. The smallest absolute Gasteiger partial charge is 0.325 e. The van der Waals surface area contributed by atoms with E-state index in [1.165, 1.54) is 0 Å². The molecule has 2 atom stereocenters. The zero-order valence-electron chi connectivity index (χ0n) is 13.7. The Kier molecular flexibility index (Phi) is 4.28. The first-order valence-electron chi connectivity index (χ1n) is 7.91. The summed E-state index contributed by atoms with van der Waals surface area (Å²) >= 11 is 0. The Bertz CT molecular complexity index is 823. The van der Waals surface area contributed by atoms with Gasteiger partial charge in [0.1, 0.15) is 12.1 Å².